The van der Waals surface area contributed by atoms with Crippen LogP contribution in [0.15, 0.2) is 24.3 Å². The molecule has 29 heavy (non-hydrogen) atoms. The Hall–Kier alpha value is -2.48. The van der Waals surface area contributed by atoms with Gasteiger partial charge in [-0.15, -0.1) is 0 Å². The number of hydrogen-bond acceptors (Lipinski definition) is 5. The number of rotatable bonds is 5. The highest BCUT2D eigenvalue weighted by Crippen LogP contribution is 2.36. The lowest BCUT2D eigenvalue weighted by molar-refractivity contribution is -0.119. The van der Waals surface area contributed by atoms with Gasteiger partial charge in [0.25, 0.3) is 11.8 Å². The lowest BCUT2D eigenvalue weighted by Crippen LogP contribution is -2.45. The SMILES string of the molecule is COc1cc(NC(=O)[C@H](C)N2C(=O)c3cc(Cl)c(Cl)cc3C2=O)c(OC)cc1Cl. The second-order valence-corrected chi connectivity index (χ2v) is 7.37. The van der Waals surface area contributed by atoms with Crippen LogP contribution in [-0.4, -0.2) is 42.9 Å². The normalized spacial score (nSPS) is 13.9. The lowest BCUT2D eigenvalue weighted by atomic mass is 10.1. The van der Waals surface area contributed by atoms with Crippen LogP contribution in [-0.2, 0) is 4.79 Å². The molecular weight excluding hydrogens is 443 g/mol. The Kier molecular flexibility index (Phi) is 5.93. The molecule has 3 rings (SSSR count). The molecule has 0 radical (unpaired) electrons. The van der Waals surface area contributed by atoms with Crippen molar-refractivity contribution in [3.05, 3.63) is 50.5 Å². The van der Waals surface area contributed by atoms with Gasteiger partial charge in [0.2, 0.25) is 5.91 Å². The molecule has 1 aliphatic heterocycles. The molecule has 1 N–H and O–H groups in total. The molecule has 7 nitrogen and oxygen atoms in total. The van der Waals surface area contributed by atoms with Crippen molar-refractivity contribution in [1.82, 2.24) is 4.90 Å². The minimum absolute atomic E-state index is 0.0924. The average Bonchev–Trinajstić information content (AvgIpc) is 2.92. The number of nitrogens with zero attached hydrogens (tertiary/aromatic N) is 1. The van der Waals surface area contributed by atoms with Crippen LogP contribution in [0.5, 0.6) is 11.5 Å². The molecule has 1 heterocycles. The van der Waals surface area contributed by atoms with Gasteiger partial charge in [0.15, 0.2) is 0 Å². The van der Waals surface area contributed by atoms with E-state index in [0.29, 0.717) is 10.8 Å². The van der Waals surface area contributed by atoms with Gasteiger partial charge >= 0.3 is 0 Å². The maximum absolute atomic E-state index is 12.8. The predicted octanol–water partition coefficient (Wildman–Crippen LogP) is 4.29. The van der Waals surface area contributed by atoms with Gasteiger partial charge in [-0.1, -0.05) is 34.8 Å². The van der Waals surface area contributed by atoms with Crippen LogP contribution < -0.4 is 14.8 Å². The monoisotopic (exact) mass is 456 g/mol. The molecule has 0 unspecified atom stereocenters. The molecule has 0 fully saturated rings. The summed E-state index contributed by atoms with van der Waals surface area (Å²) in [6, 6.07) is 4.47. The third-order valence-electron chi connectivity index (χ3n) is 4.46. The lowest BCUT2D eigenvalue weighted by Gasteiger charge is -2.22. The van der Waals surface area contributed by atoms with E-state index in [-0.39, 0.29) is 32.6 Å². The van der Waals surface area contributed by atoms with Crippen molar-refractivity contribution in [2.75, 3.05) is 19.5 Å². The molecule has 2 aromatic rings. The Balaban J connectivity index is 1.88. The van der Waals surface area contributed by atoms with E-state index in [1.165, 1.54) is 45.4 Å². The summed E-state index contributed by atoms with van der Waals surface area (Å²) in [7, 11) is 2.84. The van der Waals surface area contributed by atoms with E-state index in [1.54, 1.807) is 0 Å². The zero-order chi connectivity index (χ0) is 21.5. The molecule has 0 spiro atoms. The van der Waals surface area contributed by atoms with E-state index >= 15 is 0 Å². The summed E-state index contributed by atoms with van der Waals surface area (Å²) >= 11 is 18.0. The van der Waals surface area contributed by atoms with Crippen molar-refractivity contribution in [1.29, 1.82) is 0 Å². The molecule has 0 aliphatic carbocycles. The van der Waals surface area contributed by atoms with E-state index in [4.69, 9.17) is 44.3 Å². The Morgan fingerprint density at radius 3 is 1.90 bits per heavy atom. The van der Waals surface area contributed by atoms with Gasteiger partial charge in [-0.2, -0.15) is 0 Å². The van der Waals surface area contributed by atoms with Crippen LogP contribution in [0.4, 0.5) is 5.69 Å². The minimum atomic E-state index is -1.12. The van der Waals surface area contributed by atoms with Crippen molar-refractivity contribution < 1.29 is 23.9 Å². The van der Waals surface area contributed by atoms with Crippen molar-refractivity contribution in [2.45, 2.75) is 13.0 Å². The minimum Gasteiger partial charge on any atom is -0.495 e. The molecule has 0 aromatic heterocycles. The van der Waals surface area contributed by atoms with E-state index in [2.05, 4.69) is 5.32 Å². The van der Waals surface area contributed by atoms with Crippen LogP contribution in [0.3, 0.4) is 0 Å². The summed E-state index contributed by atoms with van der Waals surface area (Å²) in [5, 5.41) is 3.21. The number of anilines is 1. The topological polar surface area (TPSA) is 84.9 Å². The van der Waals surface area contributed by atoms with Gasteiger partial charge in [-0.25, -0.2) is 0 Å². The van der Waals surface area contributed by atoms with Crippen molar-refractivity contribution in [2.24, 2.45) is 0 Å². The Bertz CT molecular complexity index is 1000. The second-order valence-electron chi connectivity index (χ2n) is 6.14. The van der Waals surface area contributed by atoms with E-state index in [0.717, 1.165) is 4.90 Å². The van der Waals surface area contributed by atoms with Crippen LogP contribution in [0.25, 0.3) is 0 Å². The van der Waals surface area contributed by atoms with Crippen molar-refractivity contribution in [3.63, 3.8) is 0 Å². The molecule has 0 saturated carbocycles. The van der Waals surface area contributed by atoms with E-state index in [1.807, 2.05) is 0 Å². The van der Waals surface area contributed by atoms with Crippen molar-refractivity contribution >= 4 is 58.2 Å². The zero-order valence-corrected chi connectivity index (χ0v) is 17.8. The molecule has 1 atom stereocenters. The third kappa shape index (κ3) is 3.73. The zero-order valence-electron chi connectivity index (χ0n) is 15.5. The summed E-state index contributed by atoms with van der Waals surface area (Å²) in [6.45, 7) is 1.43. The molecule has 152 valence electrons. The first-order valence-electron chi connectivity index (χ1n) is 8.28. The Morgan fingerprint density at radius 1 is 0.897 bits per heavy atom. The van der Waals surface area contributed by atoms with Gasteiger partial charge in [0.1, 0.15) is 17.5 Å². The van der Waals surface area contributed by atoms with Crippen LogP contribution in [0, 0.1) is 0 Å². The summed E-state index contributed by atoms with van der Waals surface area (Å²) in [5.41, 5.74) is 0.456. The number of hydrogen-bond donors (Lipinski definition) is 1. The first-order chi connectivity index (χ1) is 13.7. The standard InChI is InChI=1S/C19H15Cl3N2O5/c1-8(17(25)23-14-7-15(28-2)13(22)6-16(14)29-3)24-18(26)9-4-11(20)12(21)5-10(9)19(24)27/h4-8H,1-3H3,(H,23,25)/t8-/m0/s1. The fourth-order valence-corrected chi connectivity index (χ4v) is 3.47. The number of ether oxygens (including phenoxy) is 2. The number of halogens is 3. The fraction of sp³-hybridized carbons (Fsp3) is 0.211. The molecule has 3 amide bonds. The first-order valence-corrected chi connectivity index (χ1v) is 9.42. The number of amides is 3. The summed E-state index contributed by atoms with van der Waals surface area (Å²) in [4.78, 5) is 39.0. The van der Waals surface area contributed by atoms with Crippen molar-refractivity contribution in [3.8, 4) is 11.5 Å². The Morgan fingerprint density at radius 2 is 1.41 bits per heavy atom. The van der Waals surface area contributed by atoms with Crippen LogP contribution in [0.2, 0.25) is 15.1 Å². The van der Waals surface area contributed by atoms with Crippen LogP contribution in [0.1, 0.15) is 27.6 Å². The Labute approximate surface area is 181 Å². The summed E-state index contributed by atoms with van der Waals surface area (Å²) < 4.78 is 10.4. The number of carbonyl (C=O) groups excluding carboxylic acids is 3. The average molecular weight is 458 g/mol. The van der Waals surface area contributed by atoms with Gasteiger partial charge in [0.05, 0.1) is 46.1 Å². The first kappa shape index (κ1) is 21.2. The molecule has 0 bridgehead atoms. The maximum atomic E-state index is 12.8. The van der Waals surface area contributed by atoms with E-state index < -0.39 is 23.8 Å². The molecule has 10 heteroatoms. The van der Waals surface area contributed by atoms with Crippen LogP contribution >= 0.6 is 34.8 Å². The maximum Gasteiger partial charge on any atom is 0.262 e. The number of methoxy groups -OCH3 is 2. The molecule has 1 aliphatic rings. The molecule has 2 aromatic carbocycles. The second kappa shape index (κ2) is 8.10. The number of nitrogens with one attached hydrogen (secondary N) is 1. The molecular formula is C19H15Cl3N2O5. The van der Waals surface area contributed by atoms with Gasteiger partial charge < -0.3 is 14.8 Å². The van der Waals surface area contributed by atoms with E-state index in [9.17, 15) is 14.4 Å². The largest absolute Gasteiger partial charge is 0.495 e. The highest BCUT2D eigenvalue weighted by atomic mass is 35.5. The predicted molar refractivity (Wildman–Crippen MR) is 110 cm³/mol. The highest BCUT2D eigenvalue weighted by molar-refractivity contribution is 6.43. The van der Waals surface area contributed by atoms with Gasteiger partial charge in [0, 0.05) is 12.1 Å². The summed E-state index contributed by atoms with van der Waals surface area (Å²) in [6.07, 6.45) is 0. The smallest absolute Gasteiger partial charge is 0.262 e. The van der Waals surface area contributed by atoms with Gasteiger partial charge in [-0.3, -0.25) is 19.3 Å². The summed E-state index contributed by atoms with van der Waals surface area (Å²) in [5.74, 6) is -1.27. The number of benzene rings is 2. The fourth-order valence-electron chi connectivity index (χ4n) is 2.92. The quantitative estimate of drug-likeness (QED) is 0.677. The number of imide groups is 1. The third-order valence-corrected chi connectivity index (χ3v) is 5.47. The number of carbonyl (C=O) groups is 3. The number of fused-ring (bicyclic) bond motifs is 1. The molecule has 0 saturated heterocycles. The highest BCUT2D eigenvalue weighted by Gasteiger charge is 2.41. The van der Waals surface area contributed by atoms with Gasteiger partial charge in [-0.05, 0) is 19.1 Å².